The lowest BCUT2D eigenvalue weighted by atomic mass is 10.0. The number of ether oxygens (including phenoxy) is 1. The van der Waals surface area contributed by atoms with Gasteiger partial charge in [0.2, 0.25) is 0 Å². The summed E-state index contributed by atoms with van der Waals surface area (Å²) in [5.41, 5.74) is 8.60. The third-order valence-corrected chi connectivity index (χ3v) is 7.49. The van der Waals surface area contributed by atoms with Crippen LogP contribution >= 0.6 is 11.3 Å². The SMILES string of the molecule is CCN(C(N)=O)c1nc2cc(-c3cnc(C(C)(C)OC(=O)CCCCN(C)C)nc3)cc(-c3ccccn3)c2s1. The lowest BCUT2D eigenvalue weighted by Crippen LogP contribution is -2.35. The zero-order valence-electron chi connectivity index (χ0n) is 23.5. The first-order valence-electron chi connectivity index (χ1n) is 13.2. The highest BCUT2D eigenvalue weighted by Crippen LogP contribution is 2.39. The van der Waals surface area contributed by atoms with Gasteiger partial charge < -0.3 is 15.4 Å². The van der Waals surface area contributed by atoms with E-state index in [4.69, 9.17) is 15.5 Å². The molecule has 0 atom stereocenters. The smallest absolute Gasteiger partial charge is 0.321 e. The highest BCUT2D eigenvalue weighted by atomic mass is 32.1. The minimum atomic E-state index is -0.970. The number of benzene rings is 1. The molecule has 4 rings (SSSR count). The summed E-state index contributed by atoms with van der Waals surface area (Å²) in [6.45, 7) is 6.77. The summed E-state index contributed by atoms with van der Waals surface area (Å²) in [6.07, 6.45) is 7.22. The fourth-order valence-electron chi connectivity index (χ4n) is 4.27. The van der Waals surface area contributed by atoms with Crippen LogP contribution in [0.4, 0.5) is 9.93 Å². The van der Waals surface area contributed by atoms with E-state index < -0.39 is 11.6 Å². The second-order valence-electron chi connectivity index (χ2n) is 10.2. The molecule has 0 bridgehead atoms. The number of hydrogen-bond acceptors (Lipinski definition) is 9. The van der Waals surface area contributed by atoms with Gasteiger partial charge in [0.25, 0.3) is 0 Å². The lowest BCUT2D eigenvalue weighted by molar-refractivity contribution is -0.158. The van der Waals surface area contributed by atoms with Gasteiger partial charge in [0, 0.05) is 42.7 Å². The molecule has 0 aliphatic carbocycles. The number of carbonyl (C=O) groups is 2. The monoisotopic (exact) mass is 561 g/mol. The van der Waals surface area contributed by atoms with Crippen molar-refractivity contribution in [1.82, 2.24) is 24.8 Å². The molecule has 2 N–H and O–H groups in total. The first-order valence-corrected chi connectivity index (χ1v) is 14.0. The number of hydrogen-bond donors (Lipinski definition) is 1. The average Bonchev–Trinajstić information content (AvgIpc) is 3.34. The van der Waals surface area contributed by atoms with Crippen molar-refractivity contribution < 1.29 is 14.3 Å². The molecule has 40 heavy (non-hydrogen) atoms. The van der Waals surface area contributed by atoms with Gasteiger partial charge in [-0.3, -0.25) is 14.7 Å². The van der Waals surface area contributed by atoms with Gasteiger partial charge >= 0.3 is 12.0 Å². The number of nitrogens with zero attached hydrogens (tertiary/aromatic N) is 6. The Kier molecular flexibility index (Phi) is 9.06. The molecule has 2 amide bonds. The van der Waals surface area contributed by atoms with Crippen molar-refractivity contribution in [1.29, 1.82) is 0 Å². The zero-order valence-corrected chi connectivity index (χ0v) is 24.4. The van der Waals surface area contributed by atoms with Gasteiger partial charge in [0.1, 0.15) is 0 Å². The van der Waals surface area contributed by atoms with E-state index in [1.165, 1.54) is 16.2 Å². The second-order valence-corrected chi connectivity index (χ2v) is 11.2. The van der Waals surface area contributed by atoms with Crippen LogP contribution < -0.4 is 10.6 Å². The number of unbranched alkanes of at least 4 members (excludes halogenated alkanes) is 1. The van der Waals surface area contributed by atoms with Gasteiger partial charge in [0.15, 0.2) is 16.6 Å². The van der Waals surface area contributed by atoms with Crippen LogP contribution in [0.15, 0.2) is 48.9 Å². The van der Waals surface area contributed by atoms with Crippen LogP contribution in [0.25, 0.3) is 32.6 Å². The van der Waals surface area contributed by atoms with Crippen molar-refractivity contribution >= 4 is 38.7 Å². The summed E-state index contributed by atoms with van der Waals surface area (Å²) < 4.78 is 6.63. The predicted molar refractivity (Wildman–Crippen MR) is 158 cm³/mol. The normalized spacial score (nSPS) is 11.7. The molecule has 1 aromatic carbocycles. The first kappa shape index (κ1) is 29.0. The Bertz CT molecular complexity index is 1470. The summed E-state index contributed by atoms with van der Waals surface area (Å²) in [5.74, 6) is 0.151. The van der Waals surface area contributed by atoms with E-state index in [0.717, 1.165) is 46.5 Å². The maximum absolute atomic E-state index is 12.4. The highest BCUT2D eigenvalue weighted by molar-refractivity contribution is 7.23. The minimum absolute atomic E-state index is 0.265. The van der Waals surface area contributed by atoms with Crippen LogP contribution in [-0.4, -0.2) is 64.0 Å². The highest BCUT2D eigenvalue weighted by Gasteiger charge is 2.28. The van der Waals surface area contributed by atoms with Crippen molar-refractivity contribution in [3.63, 3.8) is 0 Å². The standard InChI is InChI=1S/C29H35N7O3S/c1-6-36(27(30)38)28-34-23-16-19(15-21(25(23)40-28)22-11-7-9-13-31-22)20-17-32-26(33-18-20)29(2,3)39-24(37)12-8-10-14-35(4)5/h7,9,11,13,15-18H,6,8,10,12,14H2,1-5H3,(H2,30,38). The van der Waals surface area contributed by atoms with Crippen LogP contribution in [0, 0.1) is 0 Å². The quantitative estimate of drug-likeness (QED) is 0.195. The third kappa shape index (κ3) is 6.78. The van der Waals surface area contributed by atoms with E-state index >= 15 is 0 Å². The van der Waals surface area contributed by atoms with Crippen LogP contribution in [0.5, 0.6) is 0 Å². The average molecular weight is 562 g/mol. The van der Waals surface area contributed by atoms with Crippen molar-refractivity contribution in [3.8, 4) is 22.4 Å². The number of anilines is 1. The van der Waals surface area contributed by atoms with Crippen LogP contribution in [0.1, 0.15) is 45.9 Å². The van der Waals surface area contributed by atoms with E-state index in [1.54, 1.807) is 32.4 Å². The number of primary amides is 1. The number of urea groups is 1. The van der Waals surface area contributed by atoms with Gasteiger partial charge in [-0.25, -0.2) is 19.7 Å². The number of carbonyl (C=O) groups excluding carboxylic acids is 2. The van der Waals surface area contributed by atoms with Crippen LogP contribution in [-0.2, 0) is 15.1 Å². The minimum Gasteiger partial charge on any atom is -0.451 e. The molecule has 0 saturated heterocycles. The van der Waals surface area contributed by atoms with Gasteiger partial charge in [-0.15, -0.1) is 0 Å². The fraction of sp³-hybridized carbons (Fsp3) is 0.379. The van der Waals surface area contributed by atoms with Gasteiger partial charge in [-0.05, 0) is 84.1 Å². The lowest BCUT2D eigenvalue weighted by Gasteiger charge is -2.23. The molecule has 0 saturated carbocycles. The number of rotatable bonds is 11. The van der Waals surface area contributed by atoms with Gasteiger partial charge in [-0.2, -0.15) is 0 Å². The molecule has 3 aromatic heterocycles. The summed E-state index contributed by atoms with van der Waals surface area (Å²) in [4.78, 5) is 46.3. The number of nitrogens with two attached hydrogens (primary N) is 1. The Morgan fingerprint density at radius 3 is 2.42 bits per heavy atom. The molecule has 11 heteroatoms. The van der Waals surface area contributed by atoms with Gasteiger partial charge in [0.05, 0.1) is 15.9 Å². The third-order valence-electron chi connectivity index (χ3n) is 6.36. The van der Waals surface area contributed by atoms with Gasteiger partial charge in [-0.1, -0.05) is 17.4 Å². The van der Waals surface area contributed by atoms with Crippen molar-refractivity contribution in [3.05, 3.63) is 54.7 Å². The molecule has 210 valence electrons. The number of pyridine rings is 1. The maximum Gasteiger partial charge on any atom is 0.321 e. The number of thiazole rings is 1. The fourth-order valence-corrected chi connectivity index (χ4v) is 5.41. The number of esters is 1. The van der Waals surface area contributed by atoms with Crippen molar-refractivity contribution in [2.75, 3.05) is 32.1 Å². The molecule has 0 aliphatic heterocycles. The Labute approximate surface area is 238 Å². The van der Waals surface area contributed by atoms with E-state index in [9.17, 15) is 9.59 Å². The molecule has 3 heterocycles. The molecule has 0 unspecified atom stereocenters. The second kappa shape index (κ2) is 12.5. The molecule has 10 nitrogen and oxygen atoms in total. The predicted octanol–water partition coefficient (Wildman–Crippen LogP) is 5.23. The topological polar surface area (TPSA) is 127 Å². The molecule has 0 radical (unpaired) electrons. The molecule has 0 aliphatic rings. The summed E-state index contributed by atoms with van der Waals surface area (Å²) in [6, 6.07) is 9.12. The van der Waals surface area contributed by atoms with Crippen LogP contribution in [0.2, 0.25) is 0 Å². The largest absolute Gasteiger partial charge is 0.451 e. The van der Waals surface area contributed by atoms with E-state index in [0.29, 0.717) is 29.4 Å². The van der Waals surface area contributed by atoms with Crippen molar-refractivity contribution in [2.24, 2.45) is 5.73 Å². The molecule has 0 spiro atoms. The molecule has 0 fully saturated rings. The van der Waals surface area contributed by atoms with Crippen molar-refractivity contribution in [2.45, 2.75) is 45.6 Å². The Hall–Kier alpha value is -3.96. The van der Waals surface area contributed by atoms with E-state index in [-0.39, 0.29) is 5.97 Å². The summed E-state index contributed by atoms with van der Waals surface area (Å²) >= 11 is 1.40. The first-order chi connectivity index (χ1) is 19.1. The molecular formula is C29H35N7O3S. The Morgan fingerprint density at radius 2 is 1.80 bits per heavy atom. The summed E-state index contributed by atoms with van der Waals surface area (Å²) in [5, 5.41) is 0.524. The number of fused-ring (bicyclic) bond motifs is 1. The Morgan fingerprint density at radius 1 is 1.05 bits per heavy atom. The summed E-state index contributed by atoms with van der Waals surface area (Å²) in [7, 11) is 4.02. The van der Waals surface area contributed by atoms with E-state index in [2.05, 4.69) is 19.9 Å². The molecular weight excluding hydrogens is 526 g/mol. The Balaban J connectivity index is 1.62. The van der Waals surface area contributed by atoms with E-state index in [1.807, 2.05) is 51.4 Å². The number of aromatic nitrogens is 4. The number of amides is 2. The zero-order chi connectivity index (χ0) is 28.9. The van der Waals surface area contributed by atoms with Crippen LogP contribution in [0.3, 0.4) is 0 Å². The molecule has 4 aromatic rings. The maximum atomic E-state index is 12.4.